The lowest BCUT2D eigenvalue weighted by Gasteiger charge is -2.32. The number of ether oxygens (including phenoxy) is 1. The molecule has 0 radical (unpaired) electrons. The molecule has 2 fully saturated rings. The molecule has 28 heavy (non-hydrogen) atoms. The molecule has 1 saturated heterocycles. The number of nitrogens with zero attached hydrogens (tertiary/aromatic N) is 2. The van der Waals surface area contributed by atoms with Gasteiger partial charge in [0, 0.05) is 37.1 Å². The molecular formula is C20H23N3O4S. The van der Waals surface area contributed by atoms with E-state index >= 15 is 0 Å². The first kappa shape index (κ1) is 18.9. The number of nitrogens with one attached hydrogen (secondary N) is 1. The van der Waals surface area contributed by atoms with E-state index in [0.717, 1.165) is 19.3 Å². The van der Waals surface area contributed by atoms with E-state index in [-0.39, 0.29) is 22.3 Å². The molecular weight excluding hydrogens is 378 g/mol. The van der Waals surface area contributed by atoms with Crippen LogP contribution in [-0.4, -0.2) is 49.9 Å². The van der Waals surface area contributed by atoms with Crippen LogP contribution in [0.15, 0.2) is 53.7 Å². The van der Waals surface area contributed by atoms with Gasteiger partial charge in [-0.2, -0.15) is 4.31 Å². The average molecular weight is 401 g/mol. The van der Waals surface area contributed by atoms with E-state index in [0.29, 0.717) is 24.4 Å². The molecule has 1 spiro atoms. The van der Waals surface area contributed by atoms with Crippen LogP contribution in [0.4, 0.5) is 0 Å². The number of pyridine rings is 1. The minimum absolute atomic E-state index is 0.0224. The van der Waals surface area contributed by atoms with Gasteiger partial charge in [0.25, 0.3) is 5.91 Å². The summed E-state index contributed by atoms with van der Waals surface area (Å²) in [7, 11) is -1.96. The quantitative estimate of drug-likeness (QED) is 0.829. The first-order chi connectivity index (χ1) is 13.4. The number of aromatic nitrogens is 1. The van der Waals surface area contributed by atoms with Gasteiger partial charge in [-0.3, -0.25) is 9.78 Å². The molecule has 8 heteroatoms. The SMILES string of the molecule is COc1ccc(S(=O)(=O)N2CCC3(CC2)C[C@@H]3NC(=O)c2ccncc2)cc1. The fourth-order valence-electron chi connectivity index (χ4n) is 3.92. The van der Waals surface area contributed by atoms with Crippen molar-refractivity contribution in [1.82, 2.24) is 14.6 Å². The molecule has 1 aromatic heterocycles. The Morgan fingerprint density at radius 3 is 2.39 bits per heavy atom. The Balaban J connectivity index is 1.36. The summed E-state index contributed by atoms with van der Waals surface area (Å²) in [5, 5.41) is 3.08. The van der Waals surface area contributed by atoms with Crippen molar-refractivity contribution in [1.29, 1.82) is 0 Å². The maximum atomic E-state index is 12.9. The molecule has 7 nitrogen and oxygen atoms in total. The Bertz CT molecular complexity index is 953. The van der Waals surface area contributed by atoms with Crippen molar-refractivity contribution in [2.75, 3.05) is 20.2 Å². The van der Waals surface area contributed by atoms with Crippen LogP contribution in [0.2, 0.25) is 0 Å². The number of benzene rings is 1. The smallest absolute Gasteiger partial charge is 0.251 e. The largest absolute Gasteiger partial charge is 0.497 e. The zero-order chi connectivity index (χ0) is 19.8. The lowest BCUT2D eigenvalue weighted by molar-refractivity contribution is 0.0940. The minimum Gasteiger partial charge on any atom is -0.497 e. The Morgan fingerprint density at radius 2 is 1.79 bits per heavy atom. The molecule has 1 aliphatic carbocycles. The van der Waals surface area contributed by atoms with E-state index < -0.39 is 10.0 Å². The van der Waals surface area contributed by atoms with Gasteiger partial charge in [-0.1, -0.05) is 0 Å². The van der Waals surface area contributed by atoms with E-state index in [1.54, 1.807) is 60.2 Å². The summed E-state index contributed by atoms with van der Waals surface area (Å²) in [6.07, 6.45) is 5.60. The molecule has 1 N–H and O–H groups in total. The Hall–Kier alpha value is -2.45. The zero-order valence-electron chi connectivity index (χ0n) is 15.7. The van der Waals surface area contributed by atoms with Gasteiger partial charge in [0.05, 0.1) is 12.0 Å². The summed E-state index contributed by atoms with van der Waals surface area (Å²) < 4.78 is 32.4. The molecule has 4 rings (SSSR count). The zero-order valence-corrected chi connectivity index (χ0v) is 16.5. The monoisotopic (exact) mass is 401 g/mol. The average Bonchev–Trinajstić information content (AvgIpc) is 3.39. The van der Waals surface area contributed by atoms with Gasteiger partial charge in [0.2, 0.25) is 10.0 Å². The van der Waals surface area contributed by atoms with Gasteiger partial charge in [0.1, 0.15) is 5.75 Å². The molecule has 0 unspecified atom stereocenters. The van der Waals surface area contributed by atoms with Crippen molar-refractivity contribution in [3.8, 4) is 5.75 Å². The number of hydrogen-bond donors (Lipinski definition) is 1. The number of amides is 1. The van der Waals surface area contributed by atoms with Crippen LogP contribution in [-0.2, 0) is 10.0 Å². The lowest BCUT2D eigenvalue weighted by atomic mass is 9.94. The van der Waals surface area contributed by atoms with Crippen LogP contribution in [0.25, 0.3) is 0 Å². The normalized spacial score (nSPS) is 21.2. The second kappa shape index (κ2) is 7.18. The summed E-state index contributed by atoms with van der Waals surface area (Å²) in [6.45, 7) is 0.936. The maximum Gasteiger partial charge on any atom is 0.251 e. The third-order valence-corrected chi connectivity index (χ3v) is 7.77. The van der Waals surface area contributed by atoms with Crippen molar-refractivity contribution < 1.29 is 17.9 Å². The van der Waals surface area contributed by atoms with E-state index in [9.17, 15) is 13.2 Å². The molecule has 2 heterocycles. The molecule has 1 atom stereocenters. The van der Waals surface area contributed by atoms with E-state index in [1.165, 1.54) is 0 Å². The molecule has 1 aliphatic heterocycles. The van der Waals surface area contributed by atoms with Crippen molar-refractivity contribution >= 4 is 15.9 Å². The fourth-order valence-corrected chi connectivity index (χ4v) is 5.36. The Kier molecular flexibility index (Phi) is 4.84. The van der Waals surface area contributed by atoms with Crippen molar-refractivity contribution in [2.45, 2.75) is 30.2 Å². The second-order valence-corrected chi connectivity index (χ2v) is 9.35. The molecule has 1 aromatic carbocycles. The third kappa shape index (κ3) is 3.49. The number of sulfonamides is 1. The fraction of sp³-hybridized carbons (Fsp3) is 0.400. The van der Waals surface area contributed by atoms with Crippen LogP contribution in [0.3, 0.4) is 0 Å². The summed E-state index contributed by atoms with van der Waals surface area (Å²) in [5.41, 5.74) is 0.616. The number of methoxy groups -OCH3 is 1. The number of hydrogen-bond acceptors (Lipinski definition) is 5. The topological polar surface area (TPSA) is 88.6 Å². The van der Waals surface area contributed by atoms with Crippen LogP contribution in [0.1, 0.15) is 29.6 Å². The number of rotatable bonds is 5. The summed E-state index contributed by atoms with van der Waals surface area (Å²) in [4.78, 5) is 16.5. The Morgan fingerprint density at radius 1 is 1.14 bits per heavy atom. The first-order valence-electron chi connectivity index (χ1n) is 9.30. The summed E-state index contributed by atoms with van der Waals surface area (Å²) in [5.74, 6) is 0.528. The van der Waals surface area contributed by atoms with Gasteiger partial charge in [-0.05, 0) is 61.1 Å². The predicted molar refractivity (Wildman–Crippen MR) is 104 cm³/mol. The maximum absolute atomic E-state index is 12.9. The lowest BCUT2D eigenvalue weighted by Crippen LogP contribution is -2.41. The van der Waals surface area contributed by atoms with Gasteiger partial charge in [-0.25, -0.2) is 8.42 Å². The van der Waals surface area contributed by atoms with Crippen LogP contribution < -0.4 is 10.1 Å². The van der Waals surface area contributed by atoms with Crippen molar-refractivity contribution in [2.24, 2.45) is 5.41 Å². The van der Waals surface area contributed by atoms with Crippen LogP contribution in [0, 0.1) is 5.41 Å². The highest BCUT2D eigenvalue weighted by atomic mass is 32.2. The molecule has 2 aliphatic rings. The highest BCUT2D eigenvalue weighted by Gasteiger charge is 2.56. The minimum atomic E-state index is -3.51. The summed E-state index contributed by atoms with van der Waals surface area (Å²) >= 11 is 0. The number of carbonyl (C=O) groups excluding carboxylic acids is 1. The molecule has 148 valence electrons. The van der Waals surface area contributed by atoms with Gasteiger partial charge in [0.15, 0.2) is 0 Å². The van der Waals surface area contributed by atoms with Gasteiger partial charge < -0.3 is 10.1 Å². The third-order valence-electron chi connectivity index (χ3n) is 5.85. The first-order valence-corrected chi connectivity index (χ1v) is 10.7. The van der Waals surface area contributed by atoms with E-state index in [4.69, 9.17) is 4.74 Å². The van der Waals surface area contributed by atoms with Crippen LogP contribution in [0.5, 0.6) is 5.75 Å². The molecule has 0 bridgehead atoms. The van der Waals surface area contributed by atoms with E-state index in [1.807, 2.05) is 0 Å². The highest BCUT2D eigenvalue weighted by molar-refractivity contribution is 7.89. The standard InChI is InChI=1S/C20H23N3O4S/c1-27-16-2-4-17(5-3-16)28(25,26)23-12-8-20(9-13-23)14-18(20)22-19(24)15-6-10-21-11-7-15/h2-7,10-11,18H,8-9,12-14H2,1H3,(H,22,24)/t18-/m0/s1. The Labute approximate surface area is 164 Å². The second-order valence-electron chi connectivity index (χ2n) is 7.41. The van der Waals surface area contributed by atoms with E-state index in [2.05, 4.69) is 10.3 Å². The molecule has 2 aromatic rings. The van der Waals surface area contributed by atoms with Crippen molar-refractivity contribution in [3.63, 3.8) is 0 Å². The predicted octanol–water partition coefficient (Wildman–Crippen LogP) is 2.06. The summed E-state index contributed by atoms with van der Waals surface area (Å²) in [6, 6.07) is 9.95. The molecule has 1 amide bonds. The van der Waals surface area contributed by atoms with Gasteiger partial charge >= 0.3 is 0 Å². The van der Waals surface area contributed by atoms with Crippen LogP contribution >= 0.6 is 0 Å². The molecule has 1 saturated carbocycles. The highest BCUT2D eigenvalue weighted by Crippen LogP contribution is 2.54. The number of piperidine rings is 1. The van der Waals surface area contributed by atoms with Crippen molar-refractivity contribution in [3.05, 3.63) is 54.4 Å². The number of carbonyl (C=O) groups is 1. The van der Waals surface area contributed by atoms with Gasteiger partial charge in [-0.15, -0.1) is 0 Å².